The first-order valence-corrected chi connectivity index (χ1v) is 6.84. The SMILES string of the molecule is Cc1cc(N(C)Cc2cscn2)c(C(=N)N)c(C)n1. The van der Waals surface area contributed by atoms with E-state index in [1.165, 1.54) is 0 Å². The Morgan fingerprint density at radius 1 is 1.47 bits per heavy atom. The lowest BCUT2D eigenvalue weighted by Gasteiger charge is -2.22. The lowest BCUT2D eigenvalue weighted by atomic mass is 10.1. The number of hydrogen-bond acceptors (Lipinski definition) is 5. The van der Waals surface area contributed by atoms with Gasteiger partial charge in [0.05, 0.1) is 34.7 Å². The van der Waals surface area contributed by atoms with Gasteiger partial charge in [0.1, 0.15) is 5.84 Å². The summed E-state index contributed by atoms with van der Waals surface area (Å²) in [6, 6.07) is 1.95. The first-order chi connectivity index (χ1) is 8.99. The number of rotatable bonds is 4. The van der Waals surface area contributed by atoms with E-state index in [2.05, 4.69) is 9.97 Å². The van der Waals surface area contributed by atoms with Gasteiger partial charge in [0.15, 0.2) is 0 Å². The number of aryl methyl sites for hydroxylation is 2. The topological polar surface area (TPSA) is 78.9 Å². The summed E-state index contributed by atoms with van der Waals surface area (Å²) in [6.07, 6.45) is 0. The van der Waals surface area contributed by atoms with Gasteiger partial charge in [-0.2, -0.15) is 0 Å². The molecule has 0 amide bonds. The third-order valence-corrected chi connectivity index (χ3v) is 3.51. The highest BCUT2D eigenvalue weighted by Crippen LogP contribution is 2.24. The van der Waals surface area contributed by atoms with Gasteiger partial charge >= 0.3 is 0 Å². The second kappa shape index (κ2) is 5.36. The summed E-state index contributed by atoms with van der Waals surface area (Å²) in [4.78, 5) is 10.7. The minimum absolute atomic E-state index is 0.0464. The van der Waals surface area contributed by atoms with Crippen molar-refractivity contribution in [3.8, 4) is 0 Å². The molecule has 0 saturated carbocycles. The van der Waals surface area contributed by atoms with Gasteiger partial charge in [-0.15, -0.1) is 11.3 Å². The Balaban J connectivity index is 2.40. The van der Waals surface area contributed by atoms with Crippen LogP contribution in [0.1, 0.15) is 22.6 Å². The van der Waals surface area contributed by atoms with Gasteiger partial charge in [0, 0.05) is 18.1 Å². The van der Waals surface area contributed by atoms with Crippen molar-refractivity contribution in [2.24, 2.45) is 5.73 Å². The maximum absolute atomic E-state index is 7.73. The van der Waals surface area contributed by atoms with E-state index in [0.29, 0.717) is 12.1 Å². The second-order valence-corrected chi connectivity index (χ2v) is 5.21. The van der Waals surface area contributed by atoms with Crippen LogP contribution in [-0.2, 0) is 6.54 Å². The lowest BCUT2D eigenvalue weighted by molar-refractivity contribution is 0.886. The van der Waals surface area contributed by atoms with Crippen LogP contribution in [0.2, 0.25) is 0 Å². The standard InChI is InChI=1S/C13H17N5S/c1-8-4-11(12(13(14)15)9(2)17-8)18(3)5-10-6-19-7-16-10/h4,6-7H,5H2,1-3H3,(H3,14,15). The van der Waals surface area contributed by atoms with Crippen LogP contribution >= 0.6 is 11.3 Å². The van der Waals surface area contributed by atoms with Crippen molar-refractivity contribution in [1.29, 1.82) is 5.41 Å². The van der Waals surface area contributed by atoms with Crippen molar-refractivity contribution >= 4 is 22.9 Å². The predicted molar refractivity (Wildman–Crippen MR) is 78.9 cm³/mol. The molecule has 0 aliphatic carbocycles. The molecule has 0 unspecified atom stereocenters. The van der Waals surface area contributed by atoms with Crippen LogP contribution in [0.15, 0.2) is 17.0 Å². The summed E-state index contributed by atoms with van der Waals surface area (Å²) >= 11 is 1.58. The molecule has 0 aliphatic heterocycles. The minimum Gasteiger partial charge on any atom is -0.384 e. The number of nitrogens with one attached hydrogen (secondary N) is 1. The van der Waals surface area contributed by atoms with Crippen LogP contribution < -0.4 is 10.6 Å². The molecule has 2 aromatic heterocycles. The molecule has 19 heavy (non-hydrogen) atoms. The van der Waals surface area contributed by atoms with Crippen molar-refractivity contribution < 1.29 is 0 Å². The molecule has 0 fully saturated rings. The highest BCUT2D eigenvalue weighted by Gasteiger charge is 2.15. The van der Waals surface area contributed by atoms with E-state index in [-0.39, 0.29) is 5.84 Å². The summed E-state index contributed by atoms with van der Waals surface area (Å²) < 4.78 is 0. The third kappa shape index (κ3) is 2.90. The van der Waals surface area contributed by atoms with Crippen molar-refractivity contribution in [2.75, 3.05) is 11.9 Å². The first kappa shape index (κ1) is 13.5. The van der Waals surface area contributed by atoms with Gasteiger partial charge in [-0.3, -0.25) is 10.4 Å². The first-order valence-electron chi connectivity index (χ1n) is 5.90. The zero-order chi connectivity index (χ0) is 14.0. The number of hydrogen-bond donors (Lipinski definition) is 2. The van der Waals surface area contributed by atoms with Crippen LogP contribution in [0.25, 0.3) is 0 Å². The van der Waals surface area contributed by atoms with Crippen molar-refractivity contribution in [1.82, 2.24) is 9.97 Å². The van der Waals surface area contributed by atoms with E-state index >= 15 is 0 Å². The molecule has 6 heteroatoms. The Morgan fingerprint density at radius 3 is 2.79 bits per heavy atom. The number of nitrogens with two attached hydrogens (primary N) is 1. The molecule has 0 aromatic carbocycles. The highest BCUT2D eigenvalue weighted by molar-refractivity contribution is 7.07. The van der Waals surface area contributed by atoms with Gasteiger partial charge in [0.2, 0.25) is 0 Å². The largest absolute Gasteiger partial charge is 0.384 e. The lowest BCUT2D eigenvalue weighted by Crippen LogP contribution is -2.24. The van der Waals surface area contributed by atoms with Crippen LogP contribution in [0.5, 0.6) is 0 Å². The fourth-order valence-corrected chi connectivity index (χ4v) is 2.64. The Hall–Kier alpha value is -1.95. The van der Waals surface area contributed by atoms with Gasteiger partial charge in [-0.1, -0.05) is 0 Å². The van der Waals surface area contributed by atoms with Crippen molar-refractivity contribution in [3.05, 3.63) is 39.6 Å². The average Bonchev–Trinajstić information content (AvgIpc) is 2.79. The van der Waals surface area contributed by atoms with Gasteiger partial charge in [0.25, 0.3) is 0 Å². The molecule has 0 spiro atoms. The van der Waals surface area contributed by atoms with Crippen LogP contribution in [-0.4, -0.2) is 22.9 Å². The molecule has 5 nitrogen and oxygen atoms in total. The molecule has 2 heterocycles. The summed E-state index contributed by atoms with van der Waals surface area (Å²) in [7, 11) is 1.97. The third-order valence-electron chi connectivity index (χ3n) is 2.87. The van der Waals surface area contributed by atoms with E-state index in [1.54, 1.807) is 11.3 Å². The number of nitrogen functional groups attached to an aromatic ring is 1. The predicted octanol–water partition coefficient (Wildman–Crippen LogP) is 2.08. The number of aromatic nitrogens is 2. The summed E-state index contributed by atoms with van der Waals surface area (Å²) in [6.45, 7) is 4.51. The molecule has 0 bridgehead atoms. The van der Waals surface area contributed by atoms with E-state index < -0.39 is 0 Å². The maximum Gasteiger partial charge on any atom is 0.126 e. The highest BCUT2D eigenvalue weighted by atomic mass is 32.1. The van der Waals surface area contributed by atoms with Crippen LogP contribution in [0.4, 0.5) is 5.69 Å². The summed E-state index contributed by atoms with van der Waals surface area (Å²) in [5, 5.41) is 9.75. The smallest absolute Gasteiger partial charge is 0.126 e. The van der Waals surface area contributed by atoms with Gasteiger partial charge < -0.3 is 10.6 Å². The van der Waals surface area contributed by atoms with E-state index in [9.17, 15) is 0 Å². The van der Waals surface area contributed by atoms with E-state index in [4.69, 9.17) is 11.1 Å². The Bertz CT molecular complexity index is 591. The van der Waals surface area contributed by atoms with E-state index in [1.807, 2.05) is 42.8 Å². The average molecular weight is 275 g/mol. The maximum atomic E-state index is 7.73. The molecular weight excluding hydrogens is 258 g/mol. The number of amidine groups is 1. The van der Waals surface area contributed by atoms with E-state index in [0.717, 1.165) is 22.8 Å². The molecule has 0 saturated heterocycles. The zero-order valence-corrected chi connectivity index (χ0v) is 12.1. The summed E-state index contributed by atoms with van der Waals surface area (Å²) in [5.41, 5.74) is 11.8. The summed E-state index contributed by atoms with van der Waals surface area (Å²) in [5.74, 6) is 0.0464. The Morgan fingerprint density at radius 2 is 2.21 bits per heavy atom. The Kier molecular flexibility index (Phi) is 3.80. The number of nitrogens with zero attached hydrogens (tertiary/aromatic N) is 3. The zero-order valence-electron chi connectivity index (χ0n) is 11.3. The molecular formula is C13H17N5S. The molecule has 0 atom stereocenters. The number of anilines is 1. The van der Waals surface area contributed by atoms with Crippen LogP contribution in [0, 0.1) is 19.3 Å². The molecule has 0 radical (unpaired) electrons. The molecule has 100 valence electrons. The van der Waals surface area contributed by atoms with Crippen LogP contribution in [0.3, 0.4) is 0 Å². The fraction of sp³-hybridized carbons (Fsp3) is 0.308. The van der Waals surface area contributed by atoms with Gasteiger partial charge in [-0.25, -0.2) is 4.98 Å². The quantitative estimate of drug-likeness (QED) is 0.661. The molecule has 3 N–H and O–H groups in total. The molecule has 0 aliphatic rings. The number of pyridine rings is 1. The fourth-order valence-electron chi connectivity index (χ4n) is 2.09. The second-order valence-electron chi connectivity index (χ2n) is 4.49. The normalized spacial score (nSPS) is 10.5. The van der Waals surface area contributed by atoms with Crippen molar-refractivity contribution in [3.63, 3.8) is 0 Å². The monoisotopic (exact) mass is 275 g/mol. The number of thiazole rings is 1. The molecule has 2 aromatic rings. The molecule has 2 rings (SSSR count). The van der Waals surface area contributed by atoms with Gasteiger partial charge in [-0.05, 0) is 19.9 Å². The van der Waals surface area contributed by atoms with Crippen molar-refractivity contribution in [2.45, 2.75) is 20.4 Å². The Labute approximate surface area is 116 Å². The minimum atomic E-state index is 0.0464.